The number of methoxy groups -OCH3 is 4. The smallest absolute Gasteiger partial charge is 0.387 e. The van der Waals surface area contributed by atoms with Crippen LogP contribution in [0.1, 0.15) is 79.5 Å². The largest absolute Gasteiger partial charge is 0.494 e. The molecule has 83 heavy (non-hydrogen) atoms. The van der Waals surface area contributed by atoms with Crippen LogP contribution >= 0.6 is 57.2 Å². The van der Waals surface area contributed by atoms with E-state index in [0.717, 1.165) is 52.5 Å². The standard InChI is InChI=1S/C54H45Cl2F2N13O9S3/c1-9-79-41-19-40(71-23-36(47(74)63-51-66-69-54(78-8)83-51)30(14-26(71)4)32-18-39(27-10-11-27)60-21-43(32)75-5)37(55)17-31(41)29-13-25(3)70(22-35(29)46(73)62-50-65-68-53(77-7)82-50)28-15-38(56)44(42(16-28)80-48(57)58)33-12-24(2)59-20-34(33)45(72)61-49-64-67-52(76-6)81-49/h12-23,27,48H,9-11H2,1-8H3,(H-2,61,62,63,64,65,66,72,73,74)/p+2. The minimum atomic E-state index is -3.35. The number of rotatable bonds is 20. The van der Waals surface area contributed by atoms with Gasteiger partial charge in [-0.25, -0.2) is 0 Å². The predicted octanol–water partition coefficient (Wildman–Crippen LogP) is 10.5. The summed E-state index contributed by atoms with van der Waals surface area (Å²) in [5.41, 5.74) is 5.08. The lowest BCUT2D eigenvalue weighted by Gasteiger charge is -2.18. The lowest BCUT2D eigenvalue weighted by Crippen LogP contribution is -2.37. The molecule has 0 saturated heterocycles. The van der Waals surface area contributed by atoms with Gasteiger partial charge in [-0.05, 0) is 78.9 Å². The Balaban J connectivity index is 1.11. The lowest BCUT2D eigenvalue weighted by atomic mass is 9.96. The van der Waals surface area contributed by atoms with Crippen molar-refractivity contribution in [3.8, 4) is 77.6 Å². The Morgan fingerprint density at radius 3 is 1.66 bits per heavy atom. The average Bonchev–Trinajstić information content (AvgIpc) is 3.07. The highest BCUT2D eigenvalue weighted by Gasteiger charge is 2.33. The lowest BCUT2D eigenvalue weighted by molar-refractivity contribution is -0.602. The van der Waals surface area contributed by atoms with E-state index in [1.165, 1.54) is 59.0 Å². The van der Waals surface area contributed by atoms with Crippen molar-refractivity contribution >= 4 is 90.3 Å². The molecule has 29 heteroatoms. The highest BCUT2D eigenvalue weighted by Crippen LogP contribution is 2.45. The number of hydrogen-bond acceptors (Lipinski definition) is 20. The van der Waals surface area contributed by atoms with Crippen molar-refractivity contribution in [2.24, 2.45) is 0 Å². The molecule has 1 aliphatic carbocycles. The van der Waals surface area contributed by atoms with E-state index in [1.807, 2.05) is 19.1 Å². The van der Waals surface area contributed by atoms with Gasteiger partial charge >= 0.3 is 6.61 Å². The number of nitrogens with zero attached hydrogens (tertiary/aromatic N) is 10. The summed E-state index contributed by atoms with van der Waals surface area (Å²) >= 11 is 17.5. The Morgan fingerprint density at radius 1 is 0.602 bits per heavy atom. The van der Waals surface area contributed by atoms with Crippen LogP contribution in [0.4, 0.5) is 24.2 Å². The molecule has 1 saturated carbocycles. The van der Waals surface area contributed by atoms with Gasteiger partial charge in [-0.3, -0.25) is 40.3 Å². The van der Waals surface area contributed by atoms with Crippen molar-refractivity contribution in [3.05, 3.63) is 123 Å². The highest BCUT2D eigenvalue weighted by molar-refractivity contribution is 7.17. The summed E-state index contributed by atoms with van der Waals surface area (Å²) in [6.07, 6.45) is 8.06. The minimum absolute atomic E-state index is 0.0143. The third-order valence-corrected chi connectivity index (χ3v) is 15.8. The van der Waals surface area contributed by atoms with Crippen molar-refractivity contribution in [1.29, 1.82) is 0 Å². The van der Waals surface area contributed by atoms with E-state index in [1.54, 1.807) is 60.5 Å². The van der Waals surface area contributed by atoms with Gasteiger partial charge < -0.3 is 28.4 Å². The Bertz CT molecular complexity index is 4010. The van der Waals surface area contributed by atoms with Gasteiger partial charge in [0.2, 0.25) is 26.8 Å². The van der Waals surface area contributed by atoms with Gasteiger partial charge in [0.15, 0.2) is 23.8 Å². The number of hydrogen-bond donors (Lipinski definition) is 3. The van der Waals surface area contributed by atoms with Crippen LogP contribution in [0.25, 0.3) is 44.8 Å². The van der Waals surface area contributed by atoms with Gasteiger partial charge in [0.1, 0.15) is 33.4 Å². The van der Waals surface area contributed by atoms with E-state index in [4.69, 9.17) is 51.6 Å². The number of carbonyl (C=O) groups is 3. The molecular weight excluding hydrogens is 1180 g/mol. The summed E-state index contributed by atoms with van der Waals surface area (Å²) in [7, 11) is 5.79. The fraction of sp³-hybridized carbons (Fsp3) is 0.241. The van der Waals surface area contributed by atoms with Gasteiger partial charge in [0.05, 0.1) is 64.0 Å². The maximum absolute atomic E-state index is 14.8. The summed E-state index contributed by atoms with van der Waals surface area (Å²) in [5.74, 6) is -1.29. The van der Waals surface area contributed by atoms with Crippen LogP contribution in [0.2, 0.25) is 10.0 Å². The molecule has 7 aromatic heterocycles. The topological polar surface area (TPSA) is 254 Å². The number of carbonyl (C=O) groups excluding carboxylic acids is 3. The number of pyridine rings is 4. The molecule has 426 valence electrons. The molecule has 0 bridgehead atoms. The first-order valence-corrected chi connectivity index (χ1v) is 28.1. The van der Waals surface area contributed by atoms with Gasteiger partial charge in [0.25, 0.3) is 33.3 Å². The third kappa shape index (κ3) is 12.3. The molecule has 0 radical (unpaired) electrons. The first-order valence-electron chi connectivity index (χ1n) is 24.9. The number of nitrogens with one attached hydrogen (secondary N) is 3. The maximum Gasteiger partial charge on any atom is 0.387 e. The second-order valence-electron chi connectivity index (χ2n) is 18.2. The van der Waals surface area contributed by atoms with E-state index >= 15 is 0 Å². The number of anilines is 3. The van der Waals surface area contributed by atoms with E-state index in [9.17, 15) is 23.2 Å². The van der Waals surface area contributed by atoms with E-state index in [0.29, 0.717) is 50.8 Å². The van der Waals surface area contributed by atoms with E-state index in [-0.39, 0.29) is 92.8 Å². The zero-order chi connectivity index (χ0) is 58.8. The molecule has 0 atom stereocenters. The summed E-state index contributed by atoms with van der Waals surface area (Å²) in [4.78, 5) is 52.1. The van der Waals surface area contributed by atoms with Gasteiger partial charge in [-0.1, -0.05) is 38.5 Å². The Kier molecular flexibility index (Phi) is 17.0. The van der Waals surface area contributed by atoms with Crippen LogP contribution < -0.4 is 53.5 Å². The second-order valence-corrected chi connectivity index (χ2v) is 21.8. The zero-order valence-electron chi connectivity index (χ0n) is 45.1. The molecule has 1 aliphatic rings. The number of alkyl halides is 2. The molecule has 2 aromatic carbocycles. The molecule has 10 rings (SSSR count). The fourth-order valence-electron chi connectivity index (χ4n) is 8.93. The first kappa shape index (κ1) is 57.6. The summed E-state index contributed by atoms with van der Waals surface area (Å²) in [5, 5.41) is 33.2. The zero-order valence-corrected chi connectivity index (χ0v) is 49.0. The van der Waals surface area contributed by atoms with Gasteiger partial charge in [0, 0.05) is 88.9 Å². The quantitative estimate of drug-likeness (QED) is 0.0600. The summed E-state index contributed by atoms with van der Waals surface area (Å²) in [6, 6.07) is 13.1. The number of halogens is 4. The van der Waals surface area contributed by atoms with Crippen LogP contribution in [-0.4, -0.2) is 99.9 Å². The number of ether oxygens (including phenoxy) is 6. The van der Waals surface area contributed by atoms with Crippen LogP contribution in [-0.2, 0) is 0 Å². The number of benzene rings is 2. The monoisotopic (exact) mass is 1230 g/mol. The Hall–Kier alpha value is -8.63. The highest BCUT2D eigenvalue weighted by atomic mass is 35.5. The van der Waals surface area contributed by atoms with Crippen molar-refractivity contribution in [2.75, 3.05) is 51.0 Å². The van der Waals surface area contributed by atoms with Crippen LogP contribution in [0, 0.1) is 20.8 Å². The molecule has 0 unspecified atom stereocenters. The normalized spacial score (nSPS) is 12.0. The first-order chi connectivity index (χ1) is 40.0. The second kappa shape index (κ2) is 24.4. The van der Waals surface area contributed by atoms with E-state index in [2.05, 4.69) is 56.5 Å². The van der Waals surface area contributed by atoms with Gasteiger partial charge in [-0.15, -0.1) is 15.3 Å². The van der Waals surface area contributed by atoms with Gasteiger partial charge in [-0.2, -0.15) is 17.9 Å². The average molecular weight is 1230 g/mol. The Morgan fingerprint density at radius 2 is 1.14 bits per heavy atom. The van der Waals surface area contributed by atoms with Crippen molar-refractivity contribution in [1.82, 2.24) is 40.6 Å². The van der Waals surface area contributed by atoms with Crippen LogP contribution in [0.15, 0.2) is 73.3 Å². The minimum Gasteiger partial charge on any atom is -0.494 e. The molecule has 0 spiro atoms. The Labute approximate surface area is 493 Å². The SMILES string of the molecule is CCOc1cc(-[n+]2cc(C(=O)Nc3nnc(OC)s3)c(-c3cc(C4CC4)ncc3OC)cc2C)c(Cl)cc1-c1cc(C)[n+](-c2cc(Cl)c(-c3cc(C)ncc3C(=O)Nc3nnc(OC)s3)c(OC(F)F)c2)cc1C(=O)Nc1nnc(OC)s1. The third-order valence-electron chi connectivity index (χ3n) is 12.8. The molecule has 3 amide bonds. The molecule has 0 aliphatic heterocycles. The van der Waals surface area contributed by atoms with E-state index < -0.39 is 30.1 Å². The van der Waals surface area contributed by atoms with Crippen LogP contribution in [0.3, 0.4) is 0 Å². The number of aryl methyl sites for hydroxylation is 3. The predicted molar refractivity (Wildman–Crippen MR) is 305 cm³/mol. The maximum atomic E-state index is 14.8. The van der Waals surface area contributed by atoms with Crippen molar-refractivity contribution in [3.63, 3.8) is 0 Å². The molecule has 9 aromatic rings. The number of amides is 3. The number of aromatic nitrogens is 10. The fourth-order valence-corrected chi connectivity index (χ4v) is 11.2. The molecular formula is C54H47Cl2F2N13O9S3+2. The summed E-state index contributed by atoms with van der Waals surface area (Å²) < 4.78 is 65.3. The molecule has 22 nitrogen and oxygen atoms in total. The molecule has 1 fully saturated rings. The van der Waals surface area contributed by atoms with Crippen molar-refractivity contribution in [2.45, 2.75) is 53.1 Å². The van der Waals surface area contributed by atoms with Crippen LogP contribution in [0.5, 0.6) is 32.8 Å². The molecule has 7 heterocycles. The summed E-state index contributed by atoms with van der Waals surface area (Å²) in [6.45, 7) is 3.83. The molecule has 3 N–H and O–H groups in total. The van der Waals surface area contributed by atoms with Crippen molar-refractivity contribution < 1.29 is 60.7 Å².